The van der Waals surface area contributed by atoms with E-state index in [-0.39, 0.29) is 17.7 Å². The molecule has 1 aromatic rings. The van der Waals surface area contributed by atoms with Crippen LogP contribution in [0.4, 0.5) is 0 Å². The summed E-state index contributed by atoms with van der Waals surface area (Å²) in [6, 6.07) is 4.78. The summed E-state index contributed by atoms with van der Waals surface area (Å²) in [5, 5.41) is 10.3. The number of rotatable bonds is 4. The predicted octanol–water partition coefficient (Wildman–Crippen LogP) is 1.31. The molecule has 1 aromatic carbocycles. The number of fused-ring (bicyclic) bond motifs is 1. The Hall–Kier alpha value is -2.01. The molecular formula is C15H16O5. The maximum atomic E-state index is 12.3. The van der Waals surface area contributed by atoms with Crippen LogP contribution in [0.15, 0.2) is 18.2 Å². The number of hydrogen-bond donors (Lipinski definition) is 1. The average molecular weight is 276 g/mol. The Morgan fingerprint density at radius 2 is 1.95 bits per heavy atom. The molecule has 0 spiro atoms. The SMILES string of the molecule is CCCOC(=O)C1(O)C(=O)c2cccc(CC)c2C1=O. The molecular weight excluding hydrogens is 260 g/mol. The van der Waals surface area contributed by atoms with Crippen molar-refractivity contribution in [2.45, 2.75) is 32.3 Å². The second-order valence-corrected chi connectivity index (χ2v) is 4.70. The summed E-state index contributed by atoms with van der Waals surface area (Å²) < 4.78 is 4.79. The molecule has 0 heterocycles. The zero-order valence-corrected chi connectivity index (χ0v) is 11.4. The summed E-state index contributed by atoms with van der Waals surface area (Å²) in [6.45, 7) is 3.67. The van der Waals surface area contributed by atoms with Crippen molar-refractivity contribution in [2.75, 3.05) is 6.61 Å². The van der Waals surface area contributed by atoms with Gasteiger partial charge < -0.3 is 9.84 Å². The molecule has 1 aliphatic rings. The highest BCUT2D eigenvalue weighted by molar-refractivity contribution is 6.41. The van der Waals surface area contributed by atoms with Crippen molar-refractivity contribution in [1.82, 2.24) is 0 Å². The molecule has 0 saturated heterocycles. The van der Waals surface area contributed by atoms with Gasteiger partial charge >= 0.3 is 5.97 Å². The Kier molecular flexibility index (Phi) is 3.72. The third kappa shape index (κ3) is 1.86. The Morgan fingerprint density at radius 1 is 1.25 bits per heavy atom. The van der Waals surface area contributed by atoms with E-state index in [1.165, 1.54) is 6.07 Å². The molecule has 5 heteroatoms. The number of benzene rings is 1. The Morgan fingerprint density at radius 3 is 2.55 bits per heavy atom. The number of Topliss-reactive ketones (excluding diaryl/α,β-unsaturated/α-hetero) is 2. The van der Waals surface area contributed by atoms with Crippen LogP contribution in [0.1, 0.15) is 46.5 Å². The molecule has 0 saturated carbocycles. The molecule has 5 nitrogen and oxygen atoms in total. The lowest BCUT2D eigenvalue weighted by Gasteiger charge is -2.17. The number of carbonyl (C=O) groups is 3. The molecule has 0 amide bonds. The summed E-state index contributed by atoms with van der Waals surface area (Å²) in [5.74, 6) is -2.96. The Bertz CT molecular complexity index is 590. The van der Waals surface area contributed by atoms with Crippen LogP contribution in [-0.2, 0) is 16.0 Å². The lowest BCUT2D eigenvalue weighted by molar-refractivity contribution is -0.155. The first-order valence-corrected chi connectivity index (χ1v) is 6.59. The number of aliphatic hydroxyl groups is 1. The minimum absolute atomic E-state index is 0.0542. The van der Waals surface area contributed by atoms with Gasteiger partial charge in [-0.1, -0.05) is 32.0 Å². The van der Waals surface area contributed by atoms with Gasteiger partial charge in [-0.15, -0.1) is 0 Å². The number of esters is 1. The van der Waals surface area contributed by atoms with Crippen molar-refractivity contribution in [2.24, 2.45) is 0 Å². The van der Waals surface area contributed by atoms with E-state index >= 15 is 0 Å². The molecule has 1 aliphatic carbocycles. The largest absolute Gasteiger partial charge is 0.463 e. The van der Waals surface area contributed by atoms with Gasteiger partial charge in [0.2, 0.25) is 11.6 Å². The minimum Gasteiger partial charge on any atom is -0.463 e. The number of ketones is 2. The molecule has 0 aromatic heterocycles. The Balaban J connectivity index is 2.49. The summed E-state index contributed by atoms with van der Waals surface area (Å²) in [6.07, 6.45) is 1.07. The van der Waals surface area contributed by atoms with Crippen LogP contribution in [0.5, 0.6) is 0 Å². The fourth-order valence-corrected chi connectivity index (χ4v) is 2.32. The van der Waals surface area contributed by atoms with E-state index in [1.54, 1.807) is 19.1 Å². The van der Waals surface area contributed by atoms with E-state index in [2.05, 4.69) is 0 Å². The quantitative estimate of drug-likeness (QED) is 0.662. The zero-order chi connectivity index (χ0) is 14.9. The molecule has 0 fully saturated rings. The van der Waals surface area contributed by atoms with Crippen molar-refractivity contribution in [3.8, 4) is 0 Å². The van der Waals surface area contributed by atoms with Crippen molar-refractivity contribution in [1.29, 1.82) is 0 Å². The second-order valence-electron chi connectivity index (χ2n) is 4.70. The Labute approximate surface area is 116 Å². The fourth-order valence-electron chi connectivity index (χ4n) is 2.32. The van der Waals surface area contributed by atoms with E-state index in [1.807, 2.05) is 6.92 Å². The van der Waals surface area contributed by atoms with Crippen molar-refractivity contribution < 1.29 is 24.2 Å². The lowest BCUT2D eigenvalue weighted by atomic mass is 9.97. The van der Waals surface area contributed by atoms with Crippen LogP contribution in [0.25, 0.3) is 0 Å². The average Bonchev–Trinajstić information content (AvgIpc) is 2.67. The lowest BCUT2D eigenvalue weighted by Crippen LogP contribution is -2.50. The highest BCUT2D eigenvalue weighted by Gasteiger charge is 2.59. The van der Waals surface area contributed by atoms with Crippen LogP contribution in [-0.4, -0.2) is 34.9 Å². The zero-order valence-electron chi connectivity index (χ0n) is 11.4. The number of carbonyl (C=O) groups excluding carboxylic acids is 3. The third-order valence-electron chi connectivity index (χ3n) is 3.39. The van der Waals surface area contributed by atoms with Crippen molar-refractivity contribution >= 4 is 17.5 Å². The molecule has 0 bridgehead atoms. The van der Waals surface area contributed by atoms with Crippen LogP contribution in [0, 0.1) is 0 Å². The number of ether oxygens (including phenoxy) is 1. The van der Waals surface area contributed by atoms with Crippen LogP contribution in [0.3, 0.4) is 0 Å². The van der Waals surface area contributed by atoms with E-state index in [4.69, 9.17) is 4.74 Å². The normalized spacial score (nSPS) is 20.9. The molecule has 106 valence electrons. The van der Waals surface area contributed by atoms with E-state index in [9.17, 15) is 19.5 Å². The first-order valence-electron chi connectivity index (χ1n) is 6.59. The first kappa shape index (κ1) is 14.4. The van der Waals surface area contributed by atoms with E-state index < -0.39 is 23.1 Å². The van der Waals surface area contributed by atoms with Gasteiger partial charge in [-0.3, -0.25) is 9.59 Å². The van der Waals surface area contributed by atoms with Gasteiger partial charge in [-0.05, 0) is 18.4 Å². The smallest absolute Gasteiger partial charge is 0.354 e. The standard InChI is InChI=1S/C15H16O5/c1-3-8-20-14(18)15(19)12(16)10-7-5-6-9(4-2)11(10)13(15)17/h5-7,19H,3-4,8H2,1-2H3. The number of hydrogen-bond acceptors (Lipinski definition) is 5. The van der Waals surface area contributed by atoms with Crippen LogP contribution < -0.4 is 0 Å². The fraction of sp³-hybridized carbons (Fsp3) is 0.400. The predicted molar refractivity (Wildman–Crippen MR) is 70.7 cm³/mol. The molecule has 1 unspecified atom stereocenters. The molecule has 20 heavy (non-hydrogen) atoms. The van der Waals surface area contributed by atoms with Crippen molar-refractivity contribution in [3.05, 3.63) is 34.9 Å². The summed E-state index contributed by atoms with van der Waals surface area (Å²) in [5.41, 5.74) is -1.86. The maximum Gasteiger partial charge on any atom is 0.354 e. The van der Waals surface area contributed by atoms with Crippen LogP contribution in [0.2, 0.25) is 0 Å². The van der Waals surface area contributed by atoms with Gasteiger partial charge in [-0.2, -0.15) is 0 Å². The second kappa shape index (κ2) is 5.17. The van der Waals surface area contributed by atoms with Gasteiger partial charge in [0.25, 0.3) is 5.60 Å². The minimum atomic E-state index is -2.72. The molecule has 0 aliphatic heterocycles. The van der Waals surface area contributed by atoms with Crippen molar-refractivity contribution in [3.63, 3.8) is 0 Å². The monoisotopic (exact) mass is 276 g/mol. The molecule has 2 rings (SSSR count). The summed E-state index contributed by atoms with van der Waals surface area (Å²) in [4.78, 5) is 36.5. The molecule has 1 N–H and O–H groups in total. The topological polar surface area (TPSA) is 80.7 Å². The third-order valence-corrected chi connectivity index (χ3v) is 3.39. The van der Waals surface area contributed by atoms with Gasteiger partial charge in [0.1, 0.15) is 0 Å². The van der Waals surface area contributed by atoms with Gasteiger partial charge in [0.15, 0.2) is 0 Å². The maximum absolute atomic E-state index is 12.3. The highest BCUT2D eigenvalue weighted by Crippen LogP contribution is 2.33. The highest BCUT2D eigenvalue weighted by atomic mass is 16.6. The summed E-state index contributed by atoms with van der Waals surface area (Å²) in [7, 11) is 0. The van der Waals surface area contributed by atoms with E-state index in [0.717, 1.165) is 0 Å². The molecule has 1 atom stereocenters. The molecule has 0 radical (unpaired) electrons. The van der Waals surface area contributed by atoms with E-state index in [0.29, 0.717) is 18.4 Å². The first-order chi connectivity index (χ1) is 9.48. The van der Waals surface area contributed by atoms with Gasteiger partial charge in [0, 0.05) is 11.1 Å². The van der Waals surface area contributed by atoms with Gasteiger partial charge in [-0.25, -0.2) is 4.79 Å². The summed E-state index contributed by atoms with van der Waals surface area (Å²) >= 11 is 0. The number of aryl methyl sites for hydroxylation is 1. The van der Waals surface area contributed by atoms with Crippen LogP contribution >= 0.6 is 0 Å². The van der Waals surface area contributed by atoms with Gasteiger partial charge in [0.05, 0.1) is 6.61 Å².